The first kappa shape index (κ1) is 19.0. The lowest BCUT2D eigenvalue weighted by atomic mass is 10.2. The number of rotatable bonds is 5. The number of hydrogen-bond acceptors (Lipinski definition) is 7. The number of nitrogens with zero attached hydrogens (tertiary/aromatic N) is 4. The summed E-state index contributed by atoms with van der Waals surface area (Å²) in [7, 11) is 0. The molecule has 0 saturated carbocycles. The van der Waals surface area contributed by atoms with Gasteiger partial charge in [-0.3, -0.25) is 19.6 Å². The average Bonchev–Trinajstić information content (AvgIpc) is 3.00. The summed E-state index contributed by atoms with van der Waals surface area (Å²) in [4.78, 5) is 34.4. The molecule has 144 valence electrons. The number of amides is 2. The van der Waals surface area contributed by atoms with E-state index >= 15 is 0 Å². The topological polar surface area (TPSA) is 110 Å². The minimum atomic E-state index is -0.285. The van der Waals surface area contributed by atoms with Crippen LogP contribution in [0.4, 0.5) is 0 Å². The number of ether oxygens (including phenoxy) is 1. The van der Waals surface area contributed by atoms with E-state index in [1.165, 1.54) is 0 Å². The number of hydrogen-bond donors (Lipinski definition) is 1. The van der Waals surface area contributed by atoms with Crippen LogP contribution < -0.4 is 5.32 Å². The van der Waals surface area contributed by atoms with Gasteiger partial charge in [0.25, 0.3) is 5.91 Å². The van der Waals surface area contributed by atoms with Gasteiger partial charge in [-0.05, 0) is 13.8 Å². The predicted molar refractivity (Wildman–Crippen MR) is 95.0 cm³/mol. The fraction of sp³-hybridized carbons (Fsp3) is 0.500. The van der Waals surface area contributed by atoms with Gasteiger partial charge in [-0.25, -0.2) is 0 Å². The fourth-order valence-electron chi connectivity index (χ4n) is 3.01. The van der Waals surface area contributed by atoms with E-state index in [-0.39, 0.29) is 17.9 Å². The van der Waals surface area contributed by atoms with Crippen molar-refractivity contribution in [3.63, 3.8) is 0 Å². The molecule has 0 aliphatic carbocycles. The van der Waals surface area contributed by atoms with Crippen LogP contribution in [0.1, 0.15) is 46.2 Å². The lowest BCUT2D eigenvalue weighted by Gasteiger charge is -2.31. The van der Waals surface area contributed by atoms with E-state index in [0.29, 0.717) is 55.4 Å². The quantitative estimate of drug-likeness (QED) is 0.831. The summed E-state index contributed by atoms with van der Waals surface area (Å²) in [6, 6.07) is 0. The van der Waals surface area contributed by atoms with Crippen molar-refractivity contribution in [2.24, 2.45) is 0 Å². The Labute approximate surface area is 157 Å². The van der Waals surface area contributed by atoms with Gasteiger partial charge in [0.1, 0.15) is 17.4 Å². The van der Waals surface area contributed by atoms with Crippen LogP contribution in [-0.2, 0) is 16.0 Å². The molecule has 0 aromatic carbocycles. The molecule has 3 rings (SSSR count). The van der Waals surface area contributed by atoms with Crippen molar-refractivity contribution in [2.75, 3.05) is 26.2 Å². The van der Waals surface area contributed by atoms with E-state index in [2.05, 4.69) is 20.4 Å². The molecule has 0 radical (unpaired) electrons. The van der Waals surface area contributed by atoms with E-state index in [1.807, 2.05) is 0 Å². The molecule has 9 heteroatoms. The molecular weight excluding hydrogens is 350 g/mol. The summed E-state index contributed by atoms with van der Waals surface area (Å²) >= 11 is 0. The lowest BCUT2D eigenvalue weighted by Crippen LogP contribution is -2.41. The molecule has 0 spiro atoms. The maximum Gasteiger partial charge on any atom is 0.256 e. The second-order valence-corrected chi connectivity index (χ2v) is 6.46. The summed E-state index contributed by atoms with van der Waals surface area (Å²) in [6.07, 6.45) is 3.56. The molecule has 9 nitrogen and oxygen atoms in total. The van der Waals surface area contributed by atoms with Gasteiger partial charge in [-0.15, -0.1) is 0 Å². The van der Waals surface area contributed by atoms with Gasteiger partial charge in [0.15, 0.2) is 0 Å². The van der Waals surface area contributed by atoms with E-state index < -0.39 is 0 Å². The van der Waals surface area contributed by atoms with Gasteiger partial charge in [-0.2, -0.15) is 0 Å². The van der Waals surface area contributed by atoms with Gasteiger partial charge < -0.3 is 19.5 Å². The summed E-state index contributed by atoms with van der Waals surface area (Å²) in [5.41, 5.74) is 2.47. The Bertz CT molecular complexity index is 815. The van der Waals surface area contributed by atoms with Crippen LogP contribution in [-0.4, -0.2) is 58.1 Å². The zero-order chi connectivity index (χ0) is 19.4. The summed E-state index contributed by atoms with van der Waals surface area (Å²) in [5.74, 6) is 0.300. The fourth-order valence-corrected chi connectivity index (χ4v) is 3.01. The van der Waals surface area contributed by atoms with E-state index in [0.717, 1.165) is 5.69 Å². The first-order valence-corrected chi connectivity index (χ1v) is 8.84. The van der Waals surface area contributed by atoms with Gasteiger partial charge in [0.2, 0.25) is 5.91 Å². The summed E-state index contributed by atoms with van der Waals surface area (Å²) in [6.45, 7) is 6.93. The monoisotopic (exact) mass is 373 g/mol. The molecular formula is C18H23N5O4. The Hall–Kier alpha value is -2.81. The maximum atomic E-state index is 12.2. The Morgan fingerprint density at radius 2 is 2.15 bits per heavy atom. The number of carbonyl (C=O) groups is 2. The lowest BCUT2D eigenvalue weighted by molar-refractivity contribution is -0.136. The number of carbonyl (C=O) groups excluding carboxylic acids is 2. The van der Waals surface area contributed by atoms with Gasteiger partial charge in [-0.1, -0.05) is 5.16 Å². The molecule has 1 unspecified atom stereocenters. The van der Waals surface area contributed by atoms with Crippen molar-refractivity contribution >= 4 is 11.8 Å². The van der Waals surface area contributed by atoms with E-state index in [9.17, 15) is 9.59 Å². The highest BCUT2D eigenvalue weighted by atomic mass is 16.5. The minimum Gasteiger partial charge on any atom is -0.368 e. The zero-order valence-corrected chi connectivity index (χ0v) is 15.7. The molecule has 1 aliphatic heterocycles. The van der Waals surface area contributed by atoms with Crippen molar-refractivity contribution < 1.29 is 18.8 Å². The highest BCUT2D eigenvalue weighted by Gasteiger charge is 2.25. The molecule has 27 heavy (non-hydrogen) atoms. The van der Waals surface area contributed by atoms with Gasteiger partial charge >= 0.3 is 0 Å². The van der Waals surface area contributed by atoms with E-state index in [1.54, 1.807) is 38.1 Å². The number of aromatic nitrogens is 3. The van der Waals surface area contributed by atoms with Crippen molar-refractivity contribution in [1.29, 1.82) is 0 Å². The number of aryl methyl sites for hydroxylation is 2. The van der Waals surface area contributed by atoms with Crippen LogP contribution in [0.15, 0.2) is 16.9 Å². The average molecular weight is 373 g/mol. The molecule has 1 aliphatic rings. The molecule has 1 saturated heterocycles. The van der Waals surface area contributed by atoms with Gasteiger partial charge in [0.05, 0.1) is 36.4 Å². The standard InChI is InChI=1S/C18H23N5O4/c1-11-17(12(2)27-22-11)18(25)20-5-4-14-8-19-9-15(21-14)16-10-23(13(3)24)6-7-26-16/h8-9,16H,4-7,10H2,1-3H3,(H,20,25). The number of nitrogens with one attached hydrogen (secondary N) is 1. The van der Waals surface area contributed by atoms with Crippen molar-refractivity contribution in [3.8, 4) is 0 Å². The summed E-state index contributed by atoms with van der Waals surface area (Å²) in [5, 5.41) is 6.63. The van der Waals surface area contributed by atoms with Crippen molar-refractivity contribution in [2.45, 2.75) is 33.3 Å². The van der Waals surface area contributed by atoms with Crippen LogP contribution in [0, 0.1) is 13.8 Å². The van der Waals surface area contributed by atoms with Crippen molar-refractivity contribution in [3.05, 3.63) is 40.8 Å². The SMILES string of the molecule is CC(=O)N1CCOC(c2cncc(CCNC(=O)c3c(C)noc3C)n2)C1. The second-order valence-electron chi connectivity index (χ2n) is 6.46. The Morgan fingerprint density at radius 3 is 2.85 bits per heavy atom. The second kappa shape index (κ2) is 8.26. The Kier molecular flexibility index (Phi) is 5.80. The third kappa shape index (κ3) is 4.48. The normalized spacial score (nSPS) is 17.0. The largest absolute Gasteiger partial charge is 0.368 e. The Morgan fingerprint density at radius 1 is 1.33 bits per heavy atom. The van der Waals surface area contributed by atoms with E-state index in [4.69, 9.17) is 9.26 Å². The zero-order valence-electron chi connectivity index (χ0n) is 15.7. The maximum absolute atomic E-state index is 12.2. The first-order valence-electron chi connectivity index (χ1n) is 8.84. The molecule has 0 bridgehead atoms. The van der Waals surface area contributed by atoms with Crippen LogP contribution in [0.2, 0.25) is 0 Å². The molecule has 2 aromatic heterocycles. The molecule has 3 heterocycles. The van der Waals surface area contributed by atoms with Gasteiger partial charge in [0, 0.05) is 32.6 Å². The first-order chi connectivity index (χ1) is 13.0. The minimum absolute atomic E-state index is 0.0226. The van der Waals surface area contributed by atoms with Crippen LogP contribution in [0.3, 0.4) is 0 Å². The number of morpholine rings is 1. The third-order valence-electron chi connectivity index (χ3n) is 4.47. The van der Waals surface area contributed by atoms with Crippen molar-refractivity contribution in [1.82, 2.24) is 25.3 Å². The molecule has 1 atom stereocenters. The molecule has 1 N–H and O–H groups in total. The molecule has 1 fully saturated rings. The third-order valence-corrected chi connectivity index (χ3v) is 4.47. The highest BCUT2D eigenvalue weighted by Crippen LogP contribution is 2.20. The molecule has 2 aromatic rings. The highest BCUT2D eigenvalue weighted by molar-refractivity contribution is 5.96. The van der Waals surface area contributed by atoms with Crippen LogP contribution in [0.25, 0.3) is 0 Å². The Balaban J connectivity index is 1.58. The van der Waals surface area contributed by atoms with Crippen LogP contribution >= 0.6 is 0 Å². The predicted octanol–water partition coefficient (Wildman–Crippen LogP) is 0.974. The smallest absolute Gasteiger partial charge is 0.256 e. The summed E-state index contributed by atoms with van der Waals surface area (Å²) < 4.78 is 10.7. The van der Waals surface area contributed by atoms with Crippen LogP contribution in [0.5, 0.6) is 0 Å². The molecule has 2 amide bonds.